The molecule has 1 heterocycles. The molecular weight excluding hydrogens is 240 g/mol. The van der Waals surface area contributed by atoms with Crippen LogP contribution in [0.3, 0.4) is 0 Å². The number of benzene rings is 1. The molecule has 19 heavy (non-hydrogen) atoms. The zero-order valence-electron chi connectivity index (χ0n) is 11.6. The minimum absolute atomic E-state index is 0.0256. The van der Waals surface area contributed by atoms with Gasteiger partial charge in [0.1, 0.15) is 5.75 Å². The monoisotopic (exact) mass is 262 g/mol. The van der Waals surface area contributed by atoms with E-state index in [-0.39, 0.29) is 11.9 Å². The summed E-state index contributed by atoms with van der Waals surface area (Å²) < 4.78 is 5.74. The number of carbonyl (C=O) groups is 1. The van der Waals surface area contributed by atoms with Gasteiger partial charge in [-0.1, -0.05) is 32.4 Å². The number of rotatable bonds is 5. The van der Waals surface area contributed by atoms with Crippen molar-refractivity contribution >= 4 is 11.6 Å². The molecule has 2 atom stereocenters. The fourth-order valence-electron chi connectivity index (χ4n) is 2.28. The number of ether oxygens (including phenoxy) is 1. The molecule has 0 saturated carbocycles. The van der Waals surface area contributed by atoms with Crippen molar-refractivity contribution in [2.45, 2.75) is 45.3 Å². The van der Waals surface area contributed by atoms with Gasteiger partial charge in [0.2, 0.25) is 0 Å². The van der Waals surface area contributed by atoms with Crippen molar-refractivity contribution in [1.82, 2.24) is 5.32 Å². The minimum Gasteiger partial charge on any atom is -0.477 e. The van der Waals surface area contributed by atoms with Crippen molar-refractivity contribution in [3.8, 4) is 5.75 Å². The Hall–Kier alpha value is -1.71. The van der Waals surface area contributed by atoms with E-state index >= 15 is 0 Å². The quantitative estimate of drug-likeness (QED) is 0.857. The van der Waals surface area contributed by atoms with E-state index < -0.39 is 6.10 Å². The third-order valence-electron chi connectivity index (χ3n) is 3.40. The van der Waals surface area contributed by atoms with Crippen LogP contribution >= 0.6 is 0 Å². The first-order valence-corrected chi connectivity index (χ1v) is 7.04. The maximum Gasteiger partial charge on any atom is 0.263 e. The summed E-state index contributed by atoms with van der Waals surface area (Å²) in [6, 6.07) is 7.94. The van der Waals surface area contributed by atoms with Crippen LogP contribution in [0.15, 0.2) is 24.3 Å². The van der Waals surface area contributed by atoms with E-state index in [1.807, 2.05) is 24.3 Å². The van der Waals surface area contributed by atoms with Crippen LogP contribution in [0.2, 0.25) is 0 Å². The van der Waals surface area contributed by atoms with Gasteiger partial charge in [0.15, 0.2) is 6.10 Å². The highest BCUT2D eigenvalue weighted by Crippen LogP contribution is 2.28. The van der Waals surface area contributed by atoms with Crippen LogP contribution in [0.4, 0.5) is 5.69 Å². The summed E-state index contributed by atoms with van der Waals surface area (Å²) >= 11 is 0. The summed E-state index contributed by atoms with van der Waals surface area (Å²) in [7, 11) is 0. The highest BCUT2D eigenvalue weighted by atomic mass is 16.5. The summed E-state index contributed by atoms with van der Waals surface area (Å²) in [6.07, 6.45) is 2.60. The number of amides is 1. The van der Waals surface area contributed by atoms with Crippen molar-refractivity contribution in [2.75, 3.05) is 11.9 Å². The highest BCUT2D eigenvalue weighted by molar-refractivity contribution is 5.83. The number of nitrogens with one attached hydrogen (secondary N) is 2. The van der Waals surface area contributed by atoms with Crippen LogP contribution in [0.1, 0.15) is 33.1 Å². The number of fused-ring (bicyclic) bond motifs is 1. The minimum atomic E-state index is -0.444. The molecule has 0 aliphatic carbocycles. The smallest absolute Gasteiger partial charge is 0.263 e. The molecule has 0 radical (unpaired) electrons. The lowest BCUT2D eigenvalue weighted by Crippen LogP contribution is -2.48. The van der Waals surface area contributed by atoms with Crippen LogP contribution in [0.5, 0.6) is 5.75 Å². The van der Waals surface area contributed by atoms with Gasteiger partial charge in [-0.3, -0.25) is 4.79 Å². The van der Waals surface area contributed by atoms with Crippen LogP contribution in [0.25, 0.3) is 0 Å². The van der Waals surface area contributed by atoms with Crippen molar-refractivity contribution < 1.29 is 9.53 Å². The fourth-order valence-corrected chi connectivity index (χ4v) is 2.28. The third-order valence-corrected chi connectivity index (χ3v) is 3.40. The van der Waals surface area contributed by atoms with E-state index in [0.717, 1.165) is 30.7 Å². The molecule has 1 amide bonds. The number of hydrogen-bond donors (Lipinski definition) is 2. The first-order chi connectivity index (χ1) is 9.24. The summed E-state index contributed by atoms with van der Waals surface area (Å²) in [5, 5.41) is 6.30. The molecule has 1 aliphatic rings. The van der Waals surface area contributed by atoms with Crippen molar-refractivity contribution in [3.63, 3.8) is 0 Å². The average molecular weight is 262 g/mol. The lowest BCUT2D eigenvalue weighted by molar-refractivity contribution is -0.128. The SMILES string of the molecule is CCCC(CC)NC(=O)C1CNc2ccccc2O1. The number of carbonyl (C=O) groups excluding carboxylic acids is 1. The zero-order chi connectivity index (χ0) is 13.7. The second-order valence-corrected chi connectivity index (χ2v) is 4.89. The predicted molar refractivity (Wildman–Crippen MR) is 76.5 cm³/mol. The van der Waals surface area contributed by atoms with Crippen molar-refractivity contribution in [1.29, 1.82) is 0 Å². The van der Waals surface area contributed by atoms with E-state index in [4.69, 9.17) is 4.74 Å². The Balaban J connectivity index is 1.95. The van der Waals surface area contributed by atoms with Crippen molar-refractivity contribution in [2.24, 2.45) is 0 Å². The summed E-state index contributed by atoms with van der Waals surface area (Å²) in [5.74, 6) is 0.722. The van der Waals surface area contributed by atoms with E-state index in [1.54, 1.807) is 0 Å². The highest BCUT2D eigenvalue weighted by Gasteiger charge is 2.26. The lowest BCUT2D eigenvalue weighted by Gasteiger charge is -2.28. The van der Waals surface area contributed by atoms with Gasteiger partial charge in [-0.2, -0.15) is 0 Å². The van der Waals surface area contributed by atoms with Gasteiger partial charge in [0.25, 0.3) is 5.91 Å². The van der Waals surface area contributed by atoms with E-state index in [2.05, 4.69) is 24.5 Å². The summed E-state index contributed by atoms with van der Waals surface area (Å²) in [6.45, 7) is 4.74. The number of hydrogen-bond acceptors (Lipinski definition) is 3. The molecule has 104 valence electrons. The molecule has 0 spiro atoms. The van der Waals surface area contributed by atoms with Gasteiger partial charge in [-0.05, 0) is 25.0 Å². The maximum atomic E-state index is 12.2. The van der Waals surface area contributed by atoms with E-state index in [0.29, 0.717) is 6.54 Å². The van der Waals surface area contributed by atoms with Gasteiger partial charge in [-0.15, -0.1) is 0 Å². The largest absolute Gasteiger partial charge is 0.477 e. The Bertz CT molecular complexity index is 434. The van der Waals surface area contributed by atoms with Crippen molar-refractivity contribution in [3.05, 3.63) is 24.3 Å². The molecule has 1 aromatic carbocycles. The topological polar surface area (TPSA) is 50.4 Å². The standard InChI is InChI=1S/C15H22N2O2/c1-3-7-11(4-2)17-15(18)14-10-16-12-8-5-6-9-13(12)19-14/h5-6,8-9,11,14,16H,3-4,7,10H2,1-2H3,(H,17,18). The molecule has 0 bridgehead atoms. The van der Waals surface area contributed by atoms with E-state index in [1.165, 1.54) is 0 Å². The summed E-state index contributed by atoms with van der Waals surface area (Å²) in [5.41, 5.74) is 0.951. The zero-order valence-corrected chi connectivity index (χ0v) is 11.6. The molecule has 2 N–H and O–H groups in total. The van der Waals surface area contributed by atoms with Crippen LogP contribution in [-0.2, 0) is 4.79 Å². The Kier molecular flexibility index (Phi) is 4.66. The third kappa shape index (κ3) is 3.40. The van der Waals surface area contributed by atoms with Gasteiger partial charge in [-0.25, -0.2) is 0 Å². The van der Waals surface area contributed by atoms with Crippen LogP contribution in [-0.4, -0.2) is 24.6 Å². The molecule has 2 rings (SSSR count). The Labute approximate surface area is 114 Å². The number of para-hydroxylation sites is 2. The number of anilines is 1. The Morgan fingerprint density at radius 3 is 3.00 bits per heavy atom. The average Bonchev–Trinajstić information content (AvgIpc) is 2.46. The fraction of sp³-hybridized carbons (Fsp3) is 0.533. The van der Waals surface area contributed by atoms with Gasteiger partial charge in [0, 0.05) is 6.04 Å². The molecule has 1 aromatic rings. The van der Waals surface area contributed by atoms with Gasteiger partial charge < -0.3 is 15.4 Å². The molecule has 0 aromatic heterocycles. The first-order valence-electron chi connectivity index (χ1n) is 7.04. The molecule has 4 heteroatoms. The van der Waals surface area contributed by atoms with Crippen LogP contribution < -0.4 is 15.4 Å². The second-order valence-electron chi connectivity index (χ2n) is 4.89. The second kappa shape index (κ2) is 6.45. The summed E-state index contributed by atoms with van der Waals surface area (Å²) in [4.78, 5) is 12.2. The normalized spacial score (nSPS) is 18.7. The first kappa shape index (κ1) is 13.7. The van der Waals surface area contributed by atoms with Crippen LogP contribution in [0, 0.1) is 0 Å². The maximum absolute atomic E-state index is 12.2. The molecule has 0 saturated heterocycles. The lowest BCUT2D eigenvalue weighted by atomic mass is 10.1. The molecule has 0 fully saturated rings. The Morgan fingerprint density at radius 1 is 1.47 bits per heavy atom. The van der Waals surface area contributed by atoms with Gasteiger partial charge in [0.05, 0.1) is 12.2 Å². The predicted octanol–water partition coefficient (Wildman–Crippen LogP) is 2.55. The van der Waals surface area contributed by atoms with Gasteiger partial charge >= 0.3 is 0 Å². The molecular formula is C15H22N2O2. The molecule has 1 aliphatic heterocycles. The molecule has 4 nitrogen and oxygen atoms in total. The molecule has 2 unspecified atom stereocenters. The Morgan fingerprint density at radius 2 is 2.26 bits per heavy atom. The van der Waals surface area contributed by atoms with E-state index in [9.17, 15) is 4.79 Å².